The maximum atomic E-state index is 11.2. The number of hydrogen-bond acceptors (Lipinski definition) is 3. The Morgan fingerprint density at radius 1 is 1.69 bits per heavy atom. The molecule has 1 amide bonds. The van der Waals surface area contributed by atoms with E-state index in [1.807, 2.05) is 11.4 Å². The van der Waals surface area contributed by atoms with Gasteiger partial charge in [-0.05, 0) is 22.0 Å². The number of hydrogen-bond donors (Lipinski definition) is 1. The molecular weight excluding hydrogens is 288 g/mol. The number of halogens is 1. The highest BCUT2D eigenvalue weighted by molar-refractivity contribution is 9.10. The van der Waals surface area contributed by atoms with E-state index in [1.165, 1.54) is 4.88 Å². The Morgan fingerprint density at radius 3 is 2.88 bits per heavy atom. The molecule has 0 unspecified atom stereocenters. The summed E-state index contributed by atoms with van der Waals surface area (Å²) in [5.41, 5.74) is -0.109. The van der Waals surface area contributed by atoms with Crippen LogP contribution in [0.15, 0.2) is 15.9 Å². The molecule has 1 aromatic rings. The average Bonchev–Trinajstić information content (AvgIpc) is 2.63. The van der Waals surface area contributed by atoms with Gasteiger partial charge in [0.2, 0.25) is 5.91 Å². The molecule has 0 aliphatic rings. The summed E-state index contributed by atoms with van der Waals surface area (Å²) in [6, 6.07) is 3.89. The molecule has 0 aliphatic heterocycles. The first kappa shape index (κ1) is 13.2. The normalized spacial score (nSPS) is 10.9. The van der Waals surface area contributed by atoms with Gasteiger partial charge in [-0.15, -0.1) is 11.3 Å². The summed E-state index contributed by atoms with van der Waals surface area (Å²) in [5.74, 6) is -0.216. The van der Waals surface area contributed by atoms with Crippen LogP contribution in [0.25, 0.3) is 0 Å². The van der Waals surface area contributed by atoms with Gasteiger partial charge in [0, 0.05) is 26.7 Å². The fraction of sp³-hybridized carbons (Fsp3) is 0.455. The standard InChI is InChI=1S/C11H13BrN2OS/c1-11(2,7-14-10(15)3-4-13)9-5-8(12)6-16-9/h5-6H,3,7H2,1-2H3,(H,14,15). The van der Waals surface area contributed by atoms with E-state index in [-0.39, 0.29) is 17.7 Å². The van der Waals surface area contributed by atoms with Gasteiger partial charge in [-0.1, -0.05) is 13.8 Å². The predicted molar refractivity (Wildman–Crippen MR) is 68.3 cm³/mol. The summed E-state index contributed by atoms with van der Waals surface area (Å²) < 4.78 is 1.06. The molecule has 5 heteroatoms. The van der Waals surface area contributed by atoms with E-state index in [0.717, 1.165) is 4.47 Å². The number of nitrogens with zero attached hydrogens (tertiary/aromatic N) is 1. The molecule has 0 fully saturated rings. The fourth-order valence-electron chi connectivity index (χ4n) is 1.21. The first-order chi connectivity index (χ1) is 7.45. The Balaban J connectivity index is 2.59. The Hall–Kier alpha value is -0.860. The second kappa shape index (κ2) is 5.46. The lowest BCUT2D eigenvalue weighted by atomic mass is 9.91. The molecule has 0 aliphatic carbocycles. The summed E-state index contributed by atoms with van der Waals surface area (Å²) >= 11 is 5.07. The van der Waals surface area contributed by atoms with Gasteiger partial charge in [0.05, 0.1) is 6.07 Å². The van der Waals surface area contributed by atoms with Gasteiger partial charge >= 0.3 is 0 Å². The zero-order valence-electron chi connectivity index (χ0n) is 9.21. The molecule has 0 radical (unpaired) electrons. The number of carbonyl (C=O) groups is 1. The molecule has 86 valence electrons. The van der Waals surface area contributed by atoms with Crippen molar-refractivity contribution in [2.24, 2.45) is 0 Å². The maximum Gasteiger partial charge on any atom is 0.234 e. The van der Waals surface area contributed by atoms with E-state index in [0.29, 0.717) is 6.54 Å². The highest BCUT2D eigenvalue weighted by Crippen LogP contribution is 2.30. The molecule has 1 rings (SSSR count). The van der Waals surface area contributed by atoms with Crippen LogP contribution < -0.4 is 5.32 Å². The first-order valence-corrected chi connectivity index (χ1v) is 6.51. The number of nitriles is 1. The van der Waals surface area contributed by atoms with Crippen molar-refractivity contribution < 1.29 is 4.79 Å². The summed E-state index contributed by atoms with van der Waals surface area (Å²) in [4.78, 5) is 12.4. The van der Waals surface area contributed by atoms with Gasteiger partial charge in [-0.2, -0.15) is 5.26 Å². The van der Waals surface area contributed by atoms with Gasteiger partial charge in [0.15, 0.2) is 0 Å². The quantitative estimate of drug-likeness (QED) is 0.929. The molecule has 0 aromatic carbocycles. The van der Waals surface area contributed by atoms with Crippen LogP contribution in [0.2, 0.25) is 0 Å². The van der Waals surface area contributed by atoms with Crippen molar-refractivity contribution in [2.45, 2.75) is 25.7 Å². The fourth-order valence-corrected chi connectivity index (χ4v) is 2.76. The minimum Gasteiger partial charge on any atom is -0.354 e. The first-order valence-electron chi connectivity index (χ1n) is 4.84. The predicted octanol–water partition coefficient (Wildman–Crippen LogP) is 2.82. The van der Waals surface area contributed by atoms with Crippen LogP contribution in [0.4, 0.5) is 0 Å². The molecule has 1 heterocycles. The van der Waals surface area contributed by atoms with Crippen LogP contribution in [0.1, 0.15) is 25.1 Å². The molecule has 0 saturated carbocycles. The highest BCUT2D eigenvalue weighted by Gasteiger charge is 2.23. The Morgan fingerprint density at radius 2 is 2.38 bits per heavy atom. The average molecular weight is 301 g/mol. The number of amides is 1. The Labute approximate surface area is 108 Å². The molecule has 16 heavy (non-hydrogen) atoms. The van der Waals surface area contributed by atoms with Crippen molar-refractivity contribution in [1.29, 1.82) is 5.26 Å². The zero-order valence-corrected chi connectivity index (χ0v) is 11.6. The smallest absolute Gasteiger partial charge is 0.234 e. The van der Waals surface area contributed by atoms with Crippen LogP contribution in [0.5, 0.6) is 0 Å². The zero-order chi connectivity index (χ0) is 12.2. The lowest BCUT2D eigenvalue weighted by molar-refractivity contribution is -0.120. The number of nitrogens with one attached hydrogen (secondary N) is 1. The van der Waals surface area contributed by atoms with Crippen molar-refractivity contribution in [3.8, 4) is 6.07 Å². The summed E-state index contributed by atoms with van der Waals surface area (Å²) in [6.07, 6.45) is -0.0792. The summed E-state index contributed by atoms with van der Waals surface area (Å²) in [5, 5.41) is 13.2. The summed E-state index contributed by atoms with van der Waals surface area (Å²) in [7, 11) is 0. The van der Waals surface area contributed by atoms with Gasteiger partial charge in [-0.3, -0.25) is 4.79 Å². The Kier molecular flexibility index (Phi) is 4.51. The molecule has 1 aromatic heterocycles. The van der Waals surface area contributed by atoms with Crippen molar-refractivity contribution in [3.63, 3.8) is 0 Å². The van der Waals surface area contributed by atoms with E-state index >= 15 is 0 Å². The van der Waals surface area contributed by atoms with Crippen molar-refractivity contribution in [3.05, 3.63) is 20.8 Å². The third kappa shape index (κ3) is 3.62. The Bertz CT molecular complexity index is 420. The molecule has 0 spiro atoms. The molecule has 0 bridgehead atoms. The van der Waals surface area contributed by atoms with Gasteiger partial charge in [-0.25, -0.2) is 0 Å². The second-order valence-electron chi connectivity index (χ2n) is 4.12. The van der Waals surface area contributed by atoms with Crippen LogP contribution in [0, 0.1) is 11.3 Å². The molecular formula is C11H13BrN2OS. The van der Waals surface area contributed by atoms with Crippen molar-refractivity contribution in [2.75, 3.05) is 6.54 Å². The molecule has 1 N–H and O–H groups in total. The minimum absolute atomic E-state index is 0.0792. The van der Waals surface area contributed by atoms with E-state index in [1.54, 1.807) is 11.3 Å². The summed E-state index contributed by atoms with van der Waals surface area (Å²) in [6.45, 7) is 4.68. The topological polar surface area (TPSA) is 52.9 Å². The maximum absolute atomic E-state index is 11.2. The molecule has 0 atom stereocenters. The van der Waals surface area contributed by atoms with E-state index in [4.69, 9.17) is 5.26 Å². The van der Waals surface area contributed by atoms with Crippen LogP contribution in [-0.4, -0.2) is 12.5 Å². The van der Waals surface area contributed by atoms with Crippen LogP contribution in [-0.2, 0) is 10.2 Å². The third-order valence-electron chi connectivity index (χ3n) is 2.20. The minimum atomic E-state index is -0.216. The van der Waals surface area contributed by atoms with Gasteiger partial charge in [0.1, 0.15) is 6.42 Å². The number of rotatable bonds is 4. The van der Waals surface area contributed by atoms with Crippen LogP contribution >= 0.6 is 27.3 Å². The van der Waals surface area contributed by atoms with Gasteiger partial charge < -0.3 is 5.32 Å². The van der Waals surface area contributed by atoms with E-state index in [2.05, 4.69) is 41.2 Å². The monoisotopic (exact) mass is 300 g/mol. The molecule has 0 saturated heterocycles. The highest BCUT2D eigenvalue weighted by atomic mass is 79.9. The van der Waals surface area contributed by atoms with Crippen molar-refractivity contribution in [1.82, 2.24) is 5.32 Å². The van der Waals surface area contributed by atoms with Crippen LogP contribution in [0.3, 0.4) is 0 Å². The third-order valence-corrected chi connectivity index (χ3v) is 4.26. The number of carbonyl (C=O) groups excluding carboxylic acids is 1. The van der Waals surface area contributed by atoms with E-state index in [9.17, 15) is 4.79 Å². The lowest BCUT2D eigenvalue weighted by Gasteiger charge is -2.23. The van der Waals surface area contributed by atoms with Crippen molar-refractivity contribution >= 4 is 33.2 Å². The second-order valence-corrected chi connectivity index (χ2v) is 5.95. The van der Waals surface area contributed by atoms with Gasteiger partial charge in [0.25, 0.3) is 0 Å². The SMILES string of the molecule is CC(C)(CNC(=O)CC#N)c1cc(Br)cs1. The van der Waals surface area contributed by atoms with E-state index < -0.39 is 0 Å². The largest absolute Gasteiger partial charge is 0.354 e. The lowest BCUT2D eigenvalue weighted by Crippen LogP contribution is -2.35. The molecule has 3 nitrogen and oxygen atoms in total. The number of thiophene rings is 1.